The molecule has 4 aliphatic heterocycles. The number of piperazine rings is 1. The van der Waals surface area contributed by atoms with E-state index in [0.29, 0.717) is 63.2 Å². The van der Waals surface area contributed by atoms with E-state index in [2.05, 4.69) is 45.1 Å². The topological polar surface area (TPSA) is 197 Å². The maximum absolute atomic E-state index is 15.4. The van der Waals surface area contributed by atoms with Crippen LogP contribution < -0.4 is 26.2 Å². The molecule has 6 amide bonds. The highest BCUT2D eigenvalue weighted by Crippen LogP contribution is 2.33. The number of halogens is 1. The number of aliphatic hydroxyl groups is 1. The molecule has 0 aliphatic carbocycles. The largest absolute Gasteiger partial charge is 0.394 e. The van der Waals surface area contributed by atoms with E-state index in [1.165, 1.54) is 6.07 Å². The molecule has 60 heavy (non-hydrogen) atoms. The van der Waals surface area contributed by atoms with Crippen LogP contribution in [0, 0.1) is 11.7 Å². The number of fused-ring (bicyclic) bond motifs is 2. The van der Waals surface area contributed by atoms with Crippen molar-refractivity contribution in [2.45, 2.75) is 64.6 Å². The number of aliphatic hydroxyl groups excluding tert-OH is 1. The molecule has 3 saturated heterocycles. The molecule has 0 saturated carbocycles. The highest BCUT2D eigenvalue weighted by molar-refractivity contribution is 6.23. The van der Waals surface area contributed by atoms with Gasteiger partial charge >= 0.3 is 6.03 Å². The van der Waals surface area contributed by atoms with Gasteiger partial charge in [0.15, 0.2) is 5.65 Å². The lowest BCUT2D eigenvalue weighted by atomic mass is 9.99. The summed E-state index contributed by atoms with van der Waals surface area (Å²) in [4.78, 5) is 75.0. The molecule has 1 unspecified atom stereocenters. The normalized spacial score (nSPS) is 19.2. The Bertz CT molecular complexity index is 2320. The van der Waals surface area contributed by atoms with Crippen LogP contribution in [0.1, 0.15) is 77.8 Å². The molecule has 0 radical (unpaired) electrons. The third-order valence-corrected chi connectivity index (χ3v) is 11.8. The summed E-state index contributed by atoms with van der Waals surface area (Å²) in [6.07, 6.45) is 2.62. The Labute approximate surface area is 346 Å². The number of nitrogens with zero attached hydrogens (tertiary/aromatic N) is 7. The first kappa shape index (κ1) is 40.6. The first-order chi connectivity index (χ1) is 28.9. The van der Waals surface area contributed by atoms with Crippen LogP contribution in [0.2, 0.25) is 0 Å². The van der Waals surface area contributed by atoms with Crippen molar-refractivity contribution in [2.24, 2.45) is 5.92 Å². The predicted octanol–water partition coefficient (Wildman–Crippen LogP) is 3.47. The van der Waals surface area contributed by atoms with Crippen molar-refractivity contribution in [1.29, 1.82) is 0 Å². The fourth-order valence-corrected chi connectivity index (χ4v) is 8.28. The third kappa shape index (κ3) is 8.08. The molecule has 2 aromatic carbocycles. The van der Waals surface area contributed by atoms with Crippen LogP contribution >= 0.6 is 0 Å². The van der Waals surface area contributed by atoms with Gasteiger partial charge in [-0.25, -0.2) is 14.2 Å². The lowest BCUT2D eigenvalue weighted by molar-refractivity contribution is -0.136. The molecule has 17 nitrogen and oxygen atoms in total. The SMILES string of the molecule is CC[C@@H](CO)Nc1cc(NCc2ccc(NC(=O)N3CC(CN4CCN(c5cc6c(cc5F)C(=O)N(C5CCC(=O)NC5=O)C6=O)CC4)C3)cc2)n2ncc(C(C)C)c2n1. The van der Waals surface area contributed by atoms with Crippen LogP contribution in [0.4, 0.5) is 32.2 Å². The lowest BCUT2D eigenvalue weighted by Crippen LogP contribution is -2.57. The zero-order valence-electron chi connectivity index (χ0n) is 33.9. The summed E-state index contributed by atoms with van der Waals surface area (Å²) in [6, 6.07) is 10.7. The first-order valence-corrected chi connectivity index (χ1v) is 20.6. The van der Waals surface area contributed by atoms with Crippen molar-refractivity contribution in [3.8, 4) is 0 Å². The second-order valence-electron chi connectivity index (χ2n) is 16.3. The number of carbonyl (C=O) groups excluding carboxylic acids is 5. The van der Waals surface area contributed by atoms with Crippen LogP contribution in [-0.2, 0) is 16.1 Å². The number of amides is 6. The van der Waals surface area contributed by atoms with Gasteiger partial charge in [-0.05, 0) is 48.6 Å². The number of imide groups is 2. The number of carbonyl (C=O) groups is 5. The lowest BCUT2D eigenvalue weighted by Gasteiger charge is -2.43. The molecule has 2 aromatic heterocycles. The maximum atomic E-state index is 15.4. The molecule has 0 spiro atoms. The maximum Gasteiger partial charge on any atom is 0.321 e. The molecule has 4 aromatic rings. The van der Waals surface area contributed by atoms with Gasteiger partial charge in [-0.15, -0.1) is 0 Å². The molecule has 5 N–H and O–H groups in total. The zero-order valence-corrected chi connectivity index (χ0v) is 33.9. The zero-order chi connectivity index (χ0) is 42.2. The Hall–Kier alpha value is -6.14. The highest BCUT2D eigenvalue weighted by Gasteiger charge is 2.45. The van der Waals surface area contributed by atoms with Crippen LogP contribution in [0.5, 0.6) is 0 Å². The van der Waals surface area contributed by atoms with Crippen LogP contribution in [0.25, 0.3) is 5.65 Å². The second-order valence-corrected chi connectivity index (χ2v) is 16.3. The summed E-state index contributed by atoms with van der Waals surface area (Å²) in [5.41, 5.74) is 3.68. The minimum absolute atomic E-state index is 0.00121. The van der Waals surface area contributed by atoms with Crippen LogP contribution in [-0.4, -0.2) is 129 Å². The third-order valence-electron chi connectivity index (χ3n) is 11.8. The van der Waals surface area contributed by atoms with Crippen molar-refractivity contribution in [1.82, 2.24) is 34.6 Å². The number of nitrogens with one attached hydrogen (secondary N) is 4. The summed E-state index contributed by atoms with van der Waals surface area (Å²) >= 11 is 0. The predicted molar refractivity (Wildman–Crippen MR) is 221 cm³/mol. The number of likely N-dealkylation sites (tertiary alicyclic amines) is 1. The van der Waals surface area contributed by atoms with Gasteiger partial charge in [-0.1, -0.05) is 32.9 Å². The molecule has 4 aliphatic rings. The average Bonchev–Trinajstić information content (AvgIpc) is 3.75. The Morgan fingerprint density at radius 3 is 2.38 bits per heavy atom. The number of urea groups is 1. The van der Waals surface area contributed by atoms with Gasteiger partial charge in [0.05, 0.1) is 35.7 Å². The standard InChI is InChI=1S/C42H50FN11O6/c1-4-27(23-55)46-35-17-36(54-38(48-35)31(19-45-54)24(2)3)44-18-25-5-7-28(8-6-25)47-42(60)52-21-26(22-52)20-50-11-13-51(14-12-50)34-16-30-29(15-32(34)43)40(58)53(41(30)59)33-9-10-37(56)49-39(33)57/h5-8,15-17,19,24,26-27,33,44,55H,4,9-14,18,20-23H2,1-3H3,(H,46,48)(H,47,60)(H,49,56,57)/t27-,33?/m0/s1. The fourth-order valence-electron chi connectivity index (χ4n) is 8.28. The molecule has 316 valence electrons. The van der Waals surface area contributed by atoms with E-state index < -0.39 is 35.5 Å². The van der Waals surface area contributed by atoms with Crippen LogP contribution in [0.3, 0.4) is 0 Å². The quantitative estimate of drug-likeness (QED) is 0.123. The average molecular weight is 824 g/mol. The van der Waals surface area contributed by atoms with Gasteiger partial charge in [0.1, 0.15) is 23.5 Å². The number of benzene rings is 2. The van der Waals surface area contributed by atoms with Crippen molar-refractivity contribution in [2.75, 3.05) is 73.3 Å². The van der Waals surface area contributed by atoms with E-state index in [0.717, 1.165) is 46.5 Å². The van der Waals surface area contributed by atoms with Crippen LogP contribution in [0.15, 0.2) is 48.7 Å². The molecule has 18 heteroatoms. The second kappa shape index (κ2) is 16.8. The van der Waals surface area contributed by atoms with Crippen molar-refractivity contribution in [3.63, 3.8) is 0 Å². The minimum Gasteiger partial charge on any atom is -0.394 e. The molecule has 0 bridgehead atoms. The Morgan fingerprint density at radius 1 is 1.00 bits per heavy atom. The van der Waals surface area contributed by atoms with Gasteiger partial charge in [0.25, 0.3) is 11.8 Å². The minimum atomic E-state index is -1.11. The van der Waals surface area contributed by atoms with Gasteiger partial charge in [-0.2, -0.15) is 9.61 Å². The van der Waals surface area contributed by atoms with E-state index in [1.807, 2.05) is 48.4 Å². The van der Waals surface area contributed by atoms with E-state index in [4.69, 9.17) is 4.98 Å². The Morgan fingerprint density at radius 2 is 1.72 bits per heavy atom. The molecular formula is C42H50FN11O6. The number of rotatable bonds is 13. The smallest absolute Gasteiger partial charge is 0.321 e. The number of anilines is 4. The van der Waals surface area contributed by atoms with Gasteiger partial charge in [0, 0.05) is 82.0 Å². The number of piperidine rings is 1. The number of hydrogen-bond acceptors (Lipinski definition) is 12. The number of hydrogen-bond donors (Lipinski definition) is 5. The fraction of sp³-hybridized carbons (Fsp3) is 0.452. The summed E-state index contributed by atoms with van der Waals surface area (Å²) < 4.78 is 17.2. The van der Waals surface area contributed by atoms with Crippen molar-refractivity contribution < 1.29 is 33.5 Å². The van der Waals surface area contributed by atoms with E-state index in [-0.39, 0.29) is 54.3 Å². The van der Waals surface area contributed by atoms with Gasteiger partial charge in [-0.3, -0.25) is 34.3 Å². The Kier molecular flexibility index (Phi) is 11.4. The summed E-state index contributed by atoms with van der Waals surface area (Å²) in [6.45, 7) is 11.1. The van der Waals surface area contributed by atoms with Crippen molar-refractivity contribution >= 4 is 58.3 Å². The van der Waals surface area contributed by atoms with E-state index in [1.54, 1.807) is 9.42 Å². The molecule has 2 atom stereocenters. The van der Waals surface area contributed by atoms with E-state index in [9.17, 15) is 29.1 Å². The molecule has 8 rings (SSSR count). The van der Waals surface area contributed by atoms with Gasteiger partial charge < -0.3 is 30.9 Å². The molecule has 6 heterocycles. The summed E-state index contributed by atoms with van der Waals surface area (Å²) in [5, 5.41) is 26.3. The summed E-state index contributed by atoms with van der Waals surface area (Å²) in [5.74, 6) is -1.24. The van der Waals surface area contributed by atoms with Gasteiger partial charge in [0.2, 0.25) is 11.8 Å². The van der Waals surface area contributed by atoms with E-state index >= 15 is 4.39 Å². The number of aromatic nitrogens is 3. The first-order valence-electron chi connectivity index (χ1n) is 20.6. The monoisotopic (exact) mass is 823 g/mol. The summed E-state index contributed by atoms with van der Waals surface area (Å²) in [7, 11) is 0. The molecule has 3 fully saturated rings. The molecular weight excluding hydrogens is 774 g/mol. The van der Waals surface area contributed by atoms with Crippen molar-refractivity contribution in [3.05, 3.63) is 76.7 Å². The highest BCUT2D eigenvalue weighted by atomic mass is 19.1. The Balaban J connectivity index is 0.796.